The van der Waals surface area contributed by atoms with Crippen molar-refractivity contribution >= 4 is 5.97 Å². The molecule has 3 rings (SSSR count). The predicted octanol–water partition coefficient (Wildman–Crippen LogP) is 2.36. The molecular weight excluding hydrogens is 214 g/mol. The topological polar surface area (TPSA) is 40.5 Å². The molecule has 0 aromatic carbocycles. The number of hydrogen-bond donors (Lipinski definition) is 1. The molecule has 3 atom stereocenters. The third-order valence-corrected chi connectivity index (χ3v) is 5.28. The van der Waals surface area contributed by atoms with Crippen molar-refractivity contribution in [2.24, 2.45) is 17.8 Å². The zero-order valence-electron chi connectivity index (χ0n) is 10.5. The van der Waals surface area contributed by atoms with Gasteiger partial charge in [0.15, 0.2) is 0 Å². The molecule has 96 valence electrons. The van der Waals surface area contributed by atoms with Crippen molar-refractivity contribution in [2.75, 3.05) is 13.1 Å². The van der Waals surface area contributed by atoms with Crippen LogP contribution >= 0.6 is 0 Å². The molecule has 0 aromatic heterocycles. The molecule has 3 fully saturated rings. The minimum Gasteiger partial charge on any atom is -0.481 e. The number of aliphatic carboxylic acids is 1. The molecule has 3 heteroatoms. The van der Waals surface area contributed by atoms with E-state index < -0.39 is 5.97 Å². The van der Waals surface area contributed by atoms with Gasteiger partial charge in [-0.2, -0.15) is 0 Å². The molecule has 1 saturated heterocycles. The van der Waals surface area contributed by atoms with Crippen LogP contribution < -0.4 is 0 Å². The van der Waals surface area contributed by atoms with E-state index in [0.29, 0.717) is 12.3 Å². The minimum absolute atomic E-state index is 0.380. The maximum atomic E-state index is 10.7. The van der Waals surface area contributed by atoms with Crippen molar-refractivity contribution in [3.63, 3.8) is 0 Å². The molecule has 3 unspecified atom stereocenters. The predicted molar refractivity (Wildman–Crippen MR) is 65.8 cm³/mol. The number of piperidine rings is 1. The average Bonchev–Trinajstić information content (AvgIpc) is 2.91. The molecule has 0 radical (unpaired) electrons. The SMILES string of the molecule is O=C(O)CC1CCN(C2CC3CCC2C3)CC1. The van der Waals surface area contributed by atoms with E-state index in [1.165, 1.54) is 25.7 Å². The fourth-order valence-electron chi connectivity index (χ4n) is 4.39. The Morgan fingerprint density at radius 2 is 1.88 bits per heavy atom. The van der Waals surface area contributed by atoms with Gasteiger partial charge in [-0.15, -0.1) is 0 Å². The maximum Gasteiger partial charge on any atom is 0.303 e. The van der Waals surface area contributed by atoms with Crippen LogP contribution in [-0.4, -0.2) is 35.1 Å². The number of fused-ring (bicyclic) bond motifs is 2. The van der Waals surface area contributed by atoms with Crippen LogP contribution in [-0.2, 0) is 4.79 Å². The van der Waals surface area contributed by atoms with Gasteiger partial charge in [0.2, 0.25) is 0 Å². The largest absolute Gasteiger partial charge is 0.481 e. The summed E-state index contributed by atoms with van der Waals surface area (Å²) in [6.07, 6.45) is 8.39. The van der Waals surface area contributed by atoms with Crippen molar-refractivity contribution in [2.45, 2.75) is 51.0 Å². The summed E-state index contributed by atoms with van der Waals surface area (Å²) in [4.78, 5) is 13.4. The van der Waals surface area contributed by atoms with Crippen LogP contribution in [0.5, 0.6) is 0 Å². The second-order valence-corrected chi connectivity index (χ2v) is 6.32. The lowest BCUT2D eigenvalue weighted by molar-refractivity contribution is -0.138. The lowest BCUT2D eigenvalue weighted by Crippen LogP contribution is -2.44. The monoisotopic (exact) mass is 237 g/mol. The van der Waals surface area contributed by atoms with E-state index in [1.807, 2.05) is 0 Å². The van der Waals surface area contributed by atoms with E-state index in [4.69, 9.17) is 5.11 Å². The number of carbonyl (C=O) groups is 1. The fourth-order valence-corrected chi connectivity index (χ4v) is 4.39. The lowest BCUT2D eigenvalue weighted by atomic mass is 9.89. The summed E-state index contributed by atoms with van der Waals surface area (Å²) >= 11 is 0. The van der Waals surface area contributed by atoms with E-state index >= 15 is 0 Å². The van der Waals surface area contributed by atoms with Gasteiger partial charge in [-0.3, -0.25) is 4.79 Å². The Bertz CT molecular complexity index is 297. The van der Waals surface area contributed by atoms with Gasteiger partial charge >= 0.3 is 5.97 Å². The van der Waals surface area contributed by atoms with E-state index in [9.17, 15) is 4.79 Å². The third-order valence-electron chi connectivity index (χ3n) is 5.28. The average molecular weight is 237 g/mol. The quantitative estimate of drug-likeness (QED) is 0.819. The number of hydrogen-bond acceptors (Lipinski definition) is 2. The highest BCUT2D eigenvalue weighted by Gasteiger charge is 2.42. The van der Waals surface area contributed by atoms with Crippen molar-refractivity contribution < 1.29 is 9.90 Å². The highest BCUT2D eigenvalue weighted by atomic mass is 16.4. The molecule has 1 N–H and O–H groups in total. The molecule has 0 aromatic rings. The number of likely N-dealkylation sites (tertiary alicyclic amines) is 1. The maximum absolute atomic E-state index is 10.7. The van der Waals surface area contributed by atoms with Crippen molar-refractivity contribution in [3.05, 3.63) is 0 Å². The summed E-state index contributed by atoms with van der Waals surface area (Å²) in [7, 11) is 0. The summed E-state index contributed by atoms with van der Waals surface area (Å²) in [5.41, 5.74) is 0. The van der Waals surface area contributed by atoms with E-state index in [-0.39, 0.29) is 0 Å². The van der Waals surface area contributed by atoms with Crippen LogP contribution in [0.4, 0.5) is 0 Å². The standard InChI is InChI=1S/C14H23NO2/c16-14(17)9-10-3-5-15(6-4-10)13-8-11-1-2-12(13)7-11/h10-13H,1-9H2,(H,16,17). The Balaban J connectivity index is 1.50. The van der Waals surface area contributed by atoms with E-state index in [0.717, 1.165) is 43.8 Å². The number of carboxylic acid groups (broad SMARTS) is 1. The zero-order chi connectivity index (χ0) is 11.8. The first-order chi connectivity index (χ1) is 8.22. The van der Waals surface area contributed by atoms with Crippen molar-refractivity contribution in [3.8, 4) is 0 Å². The van der Waals surface area contributed by atoms with Crippen LogP contribution in [0.3, 0.4) is 0 Å². The van der Waals surface area contributed by atoms with Crippen LogP contribution in [0.15, 0.2) is 0 Å². The second-order valence-electron chi connectivity index (χ2n) is 6.32. The lowest BCUT2D eigenvalue weighted by Gasteiger charge is -2.39. The first-order valence-electron chi connectivity index (χ1n) is 7.18. The molecular formula is C14H23NO2. The number of nitrogens with zero attached hydrogens (tertiary/aromatic N) is 1. The molecule has 17 heavy (non-hydrogen) atoms. The molecule has 0 spiro atoms. The Kier molecular flexibility index (Phi) is 3.12. The first kappa shape index (κ1) is 11.5. The second kappa shape index (κ2) is 4.60. The van der Waals surface area contributed by atoms with E-state index in [1.54, 1.807) is 0 Å². The Labute approximate surface area is 103 Å². The van der Waals surface area contributed by atoms with Crippen molar-refractivity contribution in [1.82, 2.24) is 4.90 Å². The Hall–Kier alpha value is -0.570. The van der Waals surface area contributed by atoms with Crippen LogP contribution in [0.1, 0.15) is 44.9 Å². The van der Waals surface area contributed by atoms with Gasteiger partial charge in [0.05, 0.1) is 0 Å². The van der Waals surface area contributed by atoms with Gasteiger partial charge in [-0.05, 0) is 62.9 Å². The molecule has 3 aliphatic rings. The van der Waals surface area contributed by atoms with Crippen LogP contribution in [0.2, 0.25) is 0 Å². The summed E-state index contributed by atoms with van der Waals surface area (Å²) in [5.74, 6) is 1.79. The zero-order valence-corrected chi connectivity index (χ0v) is 10.5. The van der Waals surface area contributed by atoms with Crippen molar-refractivity contribution in [1.29, 1.82) is 0 Å². The summed E-state index contributed by atoms with van der Waals surface area (Å²) in [6.45, 7) is 2.29. The number of carboxylic acids is 1. The fraction of sp³-hybridized carbons (Fsp3) is 0.929. The minimum atomic E-state index is -0.622. The van der Waals surface area contributed by atoms with Gasteiger partial charge < -0.3 is 10.0 Å². The Morgan fingerprint density at radius 1 is 1.12 bits per heavy atom. The van der Waals surface area contributed by atoms with Gasteiger partial charge in [0.1, 0.15) is 0 Å². The normalized spacial score (nSPS) is 38.7. The van der Waals surface area contributed by atoms with Gasteiger partial charge in [-0.1, -0.05) is 6.42 Å². The van der Waals surface area contributed by atoms with Gasteiger partial charge in [0, 0.05) is 12.5 Å². The highest BCUT2D eigenvalue weighted by Crippen LogP contribution is 2.47. The van der Waals surface area contributed by atoms with Gasteiger partial charge in [0.25, 0.3) is 0 Å². The number of rotatable bonds is 3. The molecule has 3 nitrogen and oxygen atoms in total. The first-order valence-corrected chi connectivity index (χ1v) is 7.18. The summed E-state index contributed by atoms with van der Waals surface area (Å²) in [5, 5.41) is 8.82. The Morgan fingerprint density at radius 3 is 2.41 bits per heavy atom. The van der Waals surface area contributed by atoms with Crippen LogP contribution in [0, 0.1) is 17.8 Å². The molecule has 1 heterocycles. The summed E-state index contributed by atoms with van der Waals surface area (Å²) < 4.78 is 0. The molecule has 1 aliphatic heterocycles. The third kappa shape index (κ3) is 2.35. The van der Waals surface area contributed by atoms with Crippen LogP contribution in [0.25, 0.3) is 0 Å². The molecule has 2 aliphatic carbocycles. The highest BCUT2D eigenvalue weighted by molar-refractivity contribution is 5.67. The van der Waals surface area contributed by atoms with Gasteiger partial charge in [-0.25, -0.2) is 0 Å². The summed E-state index contributed by atoms with van der Waals surface area (Å²) in [6, 6.07) is 0.847. The smallest absolute Gasteiger partial charge is 0.303 e. The molecule has 0 amide bonds. The molecule has 2 saturated carbocycles. The molecule has 2 bridgehead atoms. The van der Waals surface area contributed by atoms with E-state index in [2.05, 4.69) is 4.90 Å².